The highest BCUT2D eigenvalue weighted by Crippen LogP contribution is 2.27. The Labute approximate surface area is 102 Å². The molecule has 6 nitrogen and oxygen atoms in total. The molecule has 3 rings (SSSR count). The fraction of sp³-hybridized carbons (Fsp3) is 0.100. The molecule has 0 saturated carbocycles. The van der Waals surface area contributed by atoms with Crippen LogP contribution in [0.1, 0.15) is 0 Å². The fourth-order valence-electron chi connectivity index (χ4n) is 1.53. The fourth-order valence-corrected chi connectivity index (χ4v) is 2.42. The number of imidazole rings is 2. The Morgan fingerprint density at radius 2 is 2.06 bits per heavy atom. The number of aryl methyl sites for hydroxylation is 1. The highest BCUT2D eigenvalue weighted by molar-refractivity contribution is 7.99. The lowest BCUT2D eigenvalue weighted by atomic mass is 10.6. The average Bonchev–Trinajstić information content (AvgIpc) is 2.88. The van der Waals surface area contributed by atoms with Gasteiger partial charge in [-0.3, -0.25) is 0 Å². The summed E-state index contributed by atoms with van der Waals surface area (Å²) in [7, 11) is 1.93. The van der Waals surface area contributed by atoms with Crippen molar-refractivity contribution in [3.05, 3.63) is 31.0 Å². The van der Waals surface area contributed by atoms with Crippen LogP contribution in [0.5, 0.6) is 0 Å². The zero-order chi connectivity index (χ0) is 11.8. The van der Waals surface area contributed by atoms with Crippen LogP contribution in [0.4, 0.5) is 5.82 Å². The van der Waals surface area contributed by atoms with Crippen LogP contribution in [0.25, 0.3) is 5.65 Å². The van der Waals surface area contributed by atoms with Crippen LogP contribution in [-0.4, -0.2) is 23.9 Å². The van der Waals surface area contributed by atoms with Crippen molar-refractivity contribution in [2.24, 2.45) is 7.05 Å². The summed E-state index contributed by atoms with van der Waals surface area (Å²) in [6.45, 7) is 0. The van der Waals surface area contributed by atoms with Gasteiger partial charge >= 0.3 is 0 Å². The van der Waals surface area contributed by atoms with Crippen molar-refractivity contribution in [2.75, 3.05) is 5.73 Å². The summed E-state index contributed by atoms with van der Waals surface area (Å²) in [6.07, 6.45) is 8.94. The summed E-state index contributed by atoms with van der Waals surface area (Å²) in [5, 5.41) is 1.61. The largest absolute Gasteiger partial charge is 0.382 e. The molecule has 0 bridgehead atoms. The predicted molar refractivity (Wildman–Crippen MR) is 64.7 cm³/mol. The Morgan fingerprint density at radius 3 is 2.82 bits per heavy atom. The third-order valence-electron chi connectivity index (χ3n) is 2.33. The van der Waals surface area contributed by atoms with Gasteiger partial charge < -0.3 is 14.7 Å². The second kappa shape index (κ2) is 3.77. The molecule has 0 amide bonds. The predicted octanol–water partition coefficient (Wildman–Crippen LogP) is 1.20. The second-order valence-electron chi connectivity index (χ2n) is 3.55. The Kier molecular flexibility index (Phi) is 2.25. The van der Waals surface area contributed by atoms with Crippen LogP contribution < -0.4 is 5.73 Å². The molecule has 7 heteroatoms. The summed E-state index contributed by atoms with van der Waals surface area (Å²) in [4.78, 5) is 12.8. The summed E-state index contributed by atoms with van der Waals surface area (Å²) >= 11 is 1.45. The summed E-state index contributed by atoms with van der Waals surface area (Å²) in [5.74, 6) is 0.465. The van der Waals surface area contributed by atoms with Crippen molar-refractivity contribution in [3.63, 3.8) is 0 Å². The van der Waals surface area contributed by atoms with Gasteiger partial charge in [-0.05, 0) is 11.8 Å². The van der Waals surface area contributed by atoms with Crippen LogP contribution in [-0.2, 0) is 7.05 Å². The van der Waals surface area contributed by atoms with Crippen molar-refractivity contribution < 1.29 is 0 Å². The smallest absolute Gasteiger partial charge is 0.174 e. The number of aromatic nitrogens is 5. The maximum atomic E-state index is 5.75. The highest BCUT2D eigenvalue weighted by Gasteiger charge is 2.10. The van der Waals surface area contributed by atoms with Crippen molar-refractivity contribution >= 4 is 23.2 Å². The SMILES string of the molecule is Cn1ccnc1Sc1nc(N)cn2ccnc12. The number of hydrogen-bond donors (Lipinski definition) is 1. The van der Waals surface area contributed by atoms with E-state index in [1.54, 1.807) is 18.6 Å². The third-order valence-corrected chi connectivity index (χ3v) is 3.37. The normalized spacial score (nSPS) is 11.1. The van der Waals surface area contributed by atoms with Crippen LogP contribution >= 0.6 is 11.8 Å². The maximum Gasteiger partial charge on any atom is 0.174 e. The molecule has 0 aliphatic carbocycles. The molecule has 0 radical (unpaired) electrons. The number of fused-ring (bicyclic) bond motifs is 1. The molecule has 0 aliphatic heterocycles. The molecule has 3 heterocycles. The van der Waals surface area contributed by atoms with Crippen LogP contribution in [0.15, 0.2) is 41.2 Å². The minimum absolute atomic E-state index is 0.465. The van der Waals surface area contributed by atoms with E-state index in [0.717, 1.165) is 15.8 Å². The molecule has 0 unspecified atom stereocenters. The summed E-state index contributed by atoms with van der Waals surface area (Å²) in [5.41, 5.74) is 6.54. The summed E-state index contributed by atoms with van der Waals surface area (Å²) in [6, 6.07) is 0. The molecule has 0 aliphatic rings. The zero-order valence-corrected chi connectivity index (χ0v) is 9.92. The van der Waals surface area contributed by atoms with Gasteiger partial charge in [0.25, 0.3) is 0 Å². The maximum absolute atomic E-state index is 5.75. The first-order valence-corrected chi connectivity index (χ1v) is 5.80. The molecule has 0 spiro atoms. The van der Waals surface area contributed by atoms with Gasteiger partial charge in [-0.15, -0.1) is 0 Å². The molecular formula is C10H10N6S. The first-order chi connectivity index (χ1) is 8.24. The van der Waals surface area contributed by atoms with E-state index < -0.39 is 0 Å². The quantitative estimate of drug-likeness (QED) is 0.735. The Hall–Kier alpha value is -2.02. The lowest BCUT2D eigenvalue weighted by Gasteiger charge is -2.04. The molecule has 2 N–H and O–H groups in total. The molecule has 0 saturated heterocycles. The van der Waals surface area contributed by atoms with E-state index in [1.165, 1.54) is 11.8 Å². The van der Waals surface area contributed by atoms with Crippen LogP contribution in [0.3, 0.4) is 0 Å². The number of hydrogen-bond acceptors (Lipinski definition) is 5. The second-order valence-corrected chi connectivity index (χ2v) is 4.51. The first kappa shape index (κ1) is 10.2. The Balaban J connectivity index is 2.11. The number of nitrogens with zero attached hydrogens (tertiary/aromatic N) is 5. The molecule has 3 aromatic rings. The third kappa shape index (κ3) is 1.74. The number of nitrogens with two attached hydrogens (primary N) is 1. The average molecular weight is 246 g/mol. The Bertz CT molecular complexity index is 670. The Morgan fingerprint density at radius 1 is 1.24 bits per heavy atom. The van der Waals surface area contributed by atoms with E-state index in [0.29, 0.717) is 5.82 Å². The molecule has 0 atom stereocenters. The molecule has 86 valence electrons. The van der Waals surface area contributed by atoms with E-state index in [4.69, 9.17) is 5.73 Å². The van der Waals surface area contributed by atoms with E-state index in [9.17, 15) is 0 Å². The van der Waals surface area contributed by atoms with Crippen molar-refractivity contribution in [1.29, 1.82) is 0 Å². The van der Waals surface area contributed by atoms with Gasteiger partial charge in [-0.2, -0.15) is 0 Å². The number of nitrogen functional groups attached to an aromatic ring is 1. The monoisotopic (exact) mass is 246 g/mol. The molecule has 17 heavy (non-hydrogen) atoms. The van der Waals surface area contributed by atoms with Gasteiger partial charge in [0.1, 0.15) is 10.8 Å². The summed E-state index contributed by atoms with van der Waals surface area (Å²) < 4.78 is 3.78. The van der Waals surface area contributed by atoms with Gasteiger partial charge in [0.2, 0.25) is 0 Å². The van der Waals surface area contributed by atoms with E-state index in [-0.39, 0.29) is 0 Å². The van der Waals surface area contributed by atoms with Crippen LogP contribution in [0, 0.1) is 0 Å². The van der Waals surface area contributed by atoms with Crippen molar-refractivity contribution in [3.8, 4) is 0 Å². The van der Waals surface area contributed by atoms with Gasteiger partial charge in [0.05, 0.1) is 6.20 Å². The number of anilines is 1. The standard InChI is InChI=1S/C10H10N6S/c1-15-4-2-13-10(15)17-9-8-12-3-5-16(8)6-7(11)14-9/h2-6H,11H2,1H3. The topological polar surface area (TPSA) is 74.0 Å². The zero-order valence-electron chi connectivity index (χ0n) is 9.11. The lowest BCUT2D eigenvalue weighted by Crippen LogP contribution is -1.98. The minimum atomic E-state index is 0.465. The van der Waals surface area contributed by atoms with Gasteiger partial charge in [0, 0.05) is 31.8 Å². The molecule has 0 fully saturated rings. The van der Waals surface area contributed by atoms with E-state index in [2.05, 4.69) is 15.0 Å². The minimum Gasteiger partial charge on any atom is -0.382 e. The van der Waals surface area contributed by atoms with E-state index >= 15 is 0 Å². The highest BCUT2D eigenvalue weighted by atomic mass is 32.2. The molecule has 0 aromatic carbocycles. The van der Waals surface area contributed by atoms with E-state index in [1.807, 2.05) is 28.4 Å². The van der Waals surface area contributed by atoms with Crippen LogP contribution in [0.2, 0.25) is 0 Å². The lowest BCUT2D eigenvalue weighted by molar-refractivity contribution is 0.788. The van der Waals surface area contributed by atoms with Crippen molar-refractivity contribution in [2.45, 2.75) is 10.2 Å². The van der Waals surface area contributed by atoms with Crippen molar-refractivity contribution in [1.82, 2.24) is 23.9 Å². The number of rotatable bonds is 2. The van der Waals surface area contributed by atoms with Gasteiger partial charge in [-0.1, -0.05) is 0 Å². The van der Waals surface area contributed by atoms with Gasteiger partial charge in [-0.25, -0.2) is 15.0 Å². The molecular weight excluding hydrogens is 236 g/mol. The molecule has 3 aromatic heterocycles. The first-order valence-electron chi connectivity index (χ1n) is 4.98. The van der Waals surface area contributed by atoms with Gasteiger partial charge in [0.15, 0.2) is 10.8 Å².